The largest absolute Gasteiger partial charge is 0.254 e. The van der Waals surface area contributed by atoms with Crippen LogP contribution in [0.25, 0.3) is 55.2 Å². The minimum Gasteiger partial charge on any atom is -0.254 e. The lowest BCUT2D eigenvalue weighted by molar-refractivity contribution is 1.07. The molecule has 0 aliphatic carbocycles. The molecule has 0 atom stereocenters. The van der Waals surface area contributed by atoms with Crippen LogP contribution in [-0.4, -0.2) is 20.2 Å². The van der Waals surface area contributed by atoms with E-state index < -0.39 is 0 Å². The zero-order chi connectivity index (χ0) is 19.9. The predicted octanol–water partition coefficient (Wildman–Crippen LogP) is 6.06. The molecule has 0 fully saturated rings. The molecule has 0 saturated heterocycles. The Bertz CT molecular complexity index is 1550. The van der Waals surface area contributed by atoms with Gasteiger partial charge in [0.25, 0.3) is 0 Å². The first-order chi connectivity index (χ1) is 14.9. The van der Waals surface area contributed by atoms with Crippen molar-refractivity contribution in [2.75, 3.05) is 0 Å². The van der Waals surface area contributed by atoms with E-state index in [2.05, 4.69) is 46.6 Å². The maximum atomic E-state index is 4.97. The van der Waals surface area contributed by atoms with Crippen molar-refractivity contribution in [2.24, 2.45) is 0 Å². The fourth-order valence-electron chi connectivity index (χ4n) is 3.99. The van der Waals surface area contributed by atoms with E-state index in [0.717, 1.165) is 55.2 Å². The van der Waals surface area contributed by atoms with Gasteiger partial charge in [-0.2, -0.15) is 0 Å². The summed E-state index contributed by atoms with van der Waals surface area (Å²) in [7, 11) is 0. The number of hydrogen-bond acceptors (Lipinski definition) is 4. The van der Waals surface area contributed by atoms with Crippen LogP contribution in [0.5, 0.6) is 0 Å². The Morgan fingerprint density at radius 1 is 0.500 bits per heavy atom. The third kappa shape index (κ3) is 2.62. The van der Waals surface area contributed by atoms with Crippen molar-refractivity contribution >= 4 is 32.6 Å². The Morgan fingerprint density at radius 2 is 1.23 bits per heavy atom. The summed E-state index contributed by atoms with van der Waals surface area (Å²) in [4.78, 5) is 9.67. The molecule has 3 aromatic heterocycles. The maximum Gasteiger partial charge on any atom is 0.122 e. The van der Waals surface area contributed by atoms with E-state index in [1.807, 2.05) is 60.8 Å². The second-order valence-corrected chi connectivity index (χ2v) is 7.21. The molecule has 0 spiro atoms. The van der Waals surface area contributed by atoms with Gasteiger partial charge in [0, 0.05) is 27.9 Å². The Morgan fingerprint density at radius 3 is 2.13 bits per heavy atom. The molecular formula is C26H16N4. The number of para-hydroxylation sites is 1. The van der Waals surface area contributed by atoms with E-state index in [0.29, 0.717) is 0 Å². The van der Waals surface area contributed by atoms with Crippen LogP contribution in [0.3, 0.4) is 0 Å². The first kappa shape index (κ1) is 16.7. The van der Waals surface area contributed by atoms with Gasteiger partial charge in [0.15, 0.2) is 0 Å². The van der Waals surface area contributed by atoms with Gasteiger partial charge in [-0.1, -0.05) is 66.7 Å². The molecule has 3 heterocycles. The van der Waals surface area contributed by atoms with Gasteiger partial charge >= 0.3 is 0 Å². The van der Waals surface area contributed by atoms with E-state index in [4.69, 9.17) is 9.97 Å². The number of nitrogens with zero attached hydrogens (tertiary/aromatic N) is 4. The molecular weight excluding hydrogens is 368 g/mol. The Labute approximate surface area is 172 Å². The summed E-state index contributed by atoms with van der Waals surface area (Å²) in [6.45, 7) is 0. The van der Waals surface area contributed by atoms with E-state index in [1.165, 1.54) is 0 Å². The Balaban J connectivity index is 1.73. The van der Waals surface area contributed by atoms with Crippen LogP contribution in [0.15, 0.2) is 97.2 Å². The zero-order valence-corrected chi connectivity index (χ0v) is 16.0. The topological polar surface area (TPSA) is 51.6 Å². The molecule has 6 rings (SSSR count). The summed E-state index contributed by atoms with van der Waals surface area (Å²) in [5, 5.41) is 13.4. The van der Waals surface area contributed by atoms with Crippen LogP contribution < -0.4 is 0 Å². The number of rotatable bonds is 2. The number of hydrogen-bond donors (Lipinski definition) is 0. The summed E-state index contributed by atoms with van der Waals surface area (Å²) >= 11 is 0. The Hall–Kier alpha value is -4.18. The fourth-order valence-corrected chi connectivity index (χ4v) is 3.99. The first-order valence-corrected chi connectivity index (χ1v) is 9.84. The average molecular weight is 384 g/mol. The smallest absolute Gasteiger partial charge is 0.122 e. The van der Waals surface area contributed by atoms with Gasteiger partial charge in [-0.25, -0.2) is 4.98 Å². The lowest BCUT2D eigenvalue weighted by atomic mass is 9.98. The predicted molar refractivity (Wildman–Crippen MR) is 121 cm³/mol. The van der Waals surface area contributed by atoms with E-state index in [9.17, 15) is 0 Å². The highest BCUT2D eigenvalue weighted by Gasteiger charge is 2.18. The van der Waals surface area contributed by atoms with Crippen LogP contribution in [0.1, 0.15) is 0 Å². The van der Waals surface area contributed by atoms with Gasteiger partial charge in [0.05, 0.1) is 22.4 Å². The molecule has 0 unspecified atom stereocenters. The number of pyridine rings is 2. The molecule has 0 saturated carbocycles. The molecule has 0 amide bonds. The highest BCUT2D eigenvalue weighted by atomic mass is 15.1. The molecule has 140 valence electrons. The van der Waals surface area contributed by atoms with Crippen molar-refractivity contribution < 1.29 is 0 Å². The molecule has 30 heavy (non-hydrogen) atoms. The van der Waals surface area contributed by atoms with Crippen molar-refractivity contribution in [3.8, 4) is 22.6 Å². The maximum absolute atomic E-state index is 4.97. The van der Waals surface area contributed by atoms with Crippen LogP contribution >= 0.6 is 0 Å². The van der Waals surface area contributed by atoms with Gasteiger partial charge in [-0.15, -0.1) is 10.2 Å². The summed E-state index contributed by atoms with van der Waals surface area (Å²) in [6.07, 6.45) is 1.83. The van der Waals surface area contributed by atoms with Gasteiger partial charge in [-0.05, 0) is 29.7 Å². The normalized spacial score (nSPS) is 11.3. The van der Waals surface area contributed by atoms with Gasteiger partial charge in [0.2, 0.25) is 0 Å². The highest BCUT2D eigenvalue weighted by Crippen LogP contribution is 2.37. The highest BCUT2D eigenvalue weighted by molar-refractivity contribution is 6.04. The molecule has 6 aromatic rings. The van der Waals surface area contributed by atoms with E-state index in [-0.39, 0.29) is 0 Å². The molecule has 0 radical (unpaired) electrons. The van der Waals surface area contributed by atoms with Crippen molar-refractivity contribution in [3.05, 3.63) is 97.2 Å². The molecule has 4 nitrogen and oxygen atoms in total. The lowest BCUT2D eigenvalue weighted by Gasteiger charge is -2.13. The summed E-state index contributed by atoms with van der Waals surface area (Å²) in [6, 6.07) is 30.6. The second kappa shape index (κ2) is 6.71. The van der Waals surface area contributed by atoms with Crippen molar-refractivity contribution in [1.82, 2.24) is 20.2 Å². The van der Waals surface area contributed by atoms with Crippen LogP contribution in [0.4, 0.5) is 0 Å². The minimum atomic E-state index is 0.744. The number of fused-ring (bicyclic) bond motifs is 3. The first-order valence-electron chi connectivity index (χ1n) is 9.84. The van der Waals surface area contributed by atoms with Crippen LogP contribution in [0, 0.1) is 0 Å². The average Bonchev–Trinajstić information content (AvgIpc) is 2.82. The molecule has 0 aliphatic heterocycles. The molecule has 0 N–H and O–H groups in total. The quantitative estimate of drug-likeness (QED) is 0.364. The molecule has 0 aliphatic rings. The van der Waals surface area contributed by atoms with E-state index >= 15 is 0 Å². The zero-order valence-electron chi connectivity index (χ0n) is 16.0. The summed E-state index contributed by atoms with van der Waals surface area (Å²) < 4.78 is 0. The van der Waals surface area contributed by atoms with Crippen molar-refractivity contribution in [2.45, 2.75) is 0 Å². The van der Waals surface area contributed by atoms with Crippen molar-refractivity contribution in [3.63, 3.8) is 0 Å². The Kier molecular flexibility index (Phi) is 3.74. The van der Waals surface area contributed by atoms with E-state index in [1.54, 1.807) is 0 Å². The van der Waals surface area contributed by atoms with Crippen LogP contribution in [0.2, 0.25) is 0 Å². The third-order valence-corrected chi connectivity index (χ3v) is 5.42. The lowest BCUT2D eigenvalue weighted by Crippen LogP contribution is -1.98. The minimum absolute atomic E-state index is 0.744. The SMILES string of the molecule is c1ccc2nc(-c3c(-c4nccc5ccccc45)nnc4ccccc34)ccc2c1. The van der Waals surface area contributed by atoms with Gasteiger partial charge in [-0.3, -0.25) is 4.98 Å². The van der Waals surface area contributed by atoms with Crippen molar-refractivity contribution in [1.29, 1.82) is 0 Å². The molecule has 4 heteroatoms. The summed E-state index contributed by atoms with van der Waals surface area (Å²) in [5.74, 6) is 0. The molecule has 3 aromatic carbocycles. The number of benzene rings is 3. The fraction of sp³-hybridized carbons (Fsp3) is 0. The molecule has 0 bridgehead atoms. The van der Waals surface area contributed by atoms with Gasteiger partial charge < -0.3 is 0 Å². The standard InChI is InChI=1S/C26H16N4/c1-3-9-19-17(7-1)15-16-27-25(19)26-24(20-10-4-6-12-22(20)29-30-26)23-14-13-18-8-2-5-11-21(18)28-23/h1-16H. The summed E-state index contributed by atoms with van der Waals surface area (Å²) in [5.41, 5.74) is 5.17. The van der Waals surface area contributed by atoms with Crippen LogP contribution in [-0.2, 0) is 0 Å². The number of aromatic nitrogens is 4. The monoisotopic (exact) mass is 384 g/mol. The second-order valence-electron chi connectivity index (χ2n) is 7.21. The third-order valence-electron chi connectivity index (χ3n) is 5.42. The van der Waals surface area contributed by atoms with Gasteiger partial charge in [0.1, 0.15) is 5.69 Å².